The Kier molecular flexibility index (Phi) is 7.78. The van der Waals surface area contributed by atoms with Gasteiger partial charge in [-0.15, -0.1) is 0 Å². The summed E-state index contributed by atoms with van der Waals surface area (Å²) in [5.74, 6) is -1.85. The van der Waals surface area contributed by atoms with Gasteiger partial charge >= 0.3 is 18.1 Å². The van der Waals surface area contributed by atoms with E-state index >= 15 is 0 Å². The second-order valence-corrected chi connectivity index (χ2v) is 9.47. The molecule has 9 nitrogen and oxygen atoms in total. The number of rotatable bonds is 5. The van der Waals surface area contributed by atoms with Crippen LogP contribution in [0.5, 0.6) is 0 Å². The molecule has 0 radical (unpaired) electrons. The van der Waals surface area contributed by atoms with E-state index in [1.165, 1.54) is 4.90 Å². The van der Waals surface area contributed by atoms with Crippen molar-refractivity contribution in [1.82, 2.24) is 10.2 Å². The molecule has 1 aliphatic rings. The van der Waals surface area contributed by atoms with E-state index in [9.17, 15) is 24.3 Å². The Hall–Kier alpha value is -3.88. The molecule has 1 heterocycles. The first-order chi connectivity index (χ1) is 16.5. The smallest absolute Gasteiger partial charge is 0.408 e. The molecule has 2 N–H and O–H groups in total. The van der Waals surface area contributed by atoms with Crippen LogP contribution in [-0.2, 0) is 14.3 Å². The van der Waals surface area contributed by atoms with Gasteiger partial charge in [0.2, 0.25) is 0 Å². The number of hydrogen-bond donors (Lipinski definition) is 2. The van der Waals surface area contributed by atoms with Crippen LogP contribution in [0.25, 0.3) is 0 Å². The monoisotopic (exact) mass is 481 g/mol. The Morgan fingerprint density at radius 1 is 1.03 bits per heavy atom. The van der Waals surface area contributed by atoms with Crippen molar-refractivity contribution in [2.75, 3.05) is 11.4 Å². The van der Waals surface area contributed by atoms with Gasteiger partial charge in [0, 0.05) is 0 Å². The van der Waals surface area contributed by atoms with Gasteiger partial charge in [-0.3, -0.25) is 4.79 Å². The third-order valence-corrected chi connectivity index (χ3v) is 5.59. The van der Waals surface area contributed by atoms with Gasteiger partial charge in [0.15, 0.2) is 0 Å². The molecular formula is C26H31N3O6. The molecule has 186 valence electrons. The Bertz CT molecular complexity index is 1080. The minimum absolute atomic E-state index is 0.257. The molecule has 1 aliphatic heterocycles. The predicted molar refractivity (Wildman–Crippen MR) is 130 cm³/mol. The third-order valence-electron chi connectivity index (χ3n) is 5.59. The number of nitrogens with one attached hydrogen (secondary N) is 1. The van der Waals surface area contributed by atoms with Crippen molar-refractivity contribution in [1.29, 1.82) is 0 Å². The van der Waals surface area contributed by atoms with Crippen LogP contribution < -0.4 is 10.2 Å². The molecule has 1 fully saturated rings. The molecule has 0 saturated carbocycles. The topological polar surface area (TPSA) is 116 Å². The van der Waals surface area contributed by atoms with Crippen LogP contribution in [0.2, 0.25) is 0 Å². The van der Waals surface area contributed by atoms with Crippen molar-refractivity contribution in [2.45, 2.75) is 58.2 Å². The molecule has 35 heavy (non-hydrogen) atoms. The molecule has 9 heteroatoms. The summed E-state index contributed by atoms with van der Waals surface area (Å²) in [6.07, 6.45) is -0.0974. The summed E-state index contributed by atoms with van der Waals surface area (Å²) in [5.41, 5.74) is 1.23. The Balaban J connectivity index is 1.94. The number of hydrogen-bond acceptors (Lipinski definition) is 5. The molecule has 3 rings (SSSR count). The fourth-order valence-corrected chi connectivity index (χ4v) is 4.03. The van der Waals surface area contributed by atoms with Crippen LogP contribution in [0.4, 0.5) is 15.3 Å². The Morgan fingerprint density at radius 2 is 1.66 bits per heavy atom. The number of carbonyl (C=O) groups excluding carboxylic acids is 3. The summed E-state index contributed by atoms with van der Waals surface area (Å²) >= 11 is 0. The number of amides is 4. The third kappa shape index (κ3) is 6.38. The number of carboxylic acids is 1. The number of ether oxygens (including phenoxy) is 1. The molecule has 0 aliphatic carbocycles. The van der Waals surface area contributed by atoms with Gasteiger partial charge in [0.05, 0.1) is 11.7 Å². The summed E-state index contributed by atoms with van der Waals surface area (Å²) < 4.78 is 5.18. The number of imide groups is 1. The number of urea groups is 1. The second kappa shape index (κ2) is 10.6. The molecule has 0 aromatic heterocycles. The highest BCUT2D eigenvalue weighted by atomic mass is 16.6. The quantitative estimate of drug-likeness (QED) is 0.659. The van der Waals surface area contributed by atoms with Crippen molar-refractivity contribution in [3.63, 3.8) is 0 Å². The molecule has 0 bridgehead atoms. The van der Waals surface area contributed by atoms with Crippen molar-refractivity contribution < 1.29 is 29.0 Å². The Morgan fingerprint density at radius 3 is 2.23 bits per heavy atom. The van der Waals surface area contributed by atoms with Gasteiger partial charge in [-0.05, 0) is 58.2 Å². The van der Waals surface area contributed by atoms with Crippen LogP contribution in [0, 0.1) is 6.92 Å². The first-order valence-electron chi connectivity index (χ1n) is 11.4. The zero-order valence-corrected chi connectivity index (χ0v) is 20.4. The summed E-state index contributed by atoms with van der Waals surface area (Å²) in [7, 11) is 0. The van der Waals surface area contributed by atoms with E-state index in [1.807, 2.05) is 37.3 Å². The van der Waals surface area contributed by atoms with Gasteiger partial charge in [-0.2, -0.15) is 0 Å². The number of anilines is 1. The second-order valence-electron chi connectivity index (χ2n) is 9.47. The standard InChI is InChI=1S/C26H31N3O6/c1-17-10-12-19(13-11-17)28(22(30)16-27-24(33)35-26(2,3)4)25(34)29-20(14-15-21(29)23(31)32)18-8-6-5-7-9-18/h5-13,20-21H,14-16H2,1-4H3,(H,27,33)(H,31,32). The summed E-state index contributed by atoms with van der Waals surface area (Å²) in [5, 5.41) is 12.2. The van der Waals surface area contributed by atoms with E-state index in [2.05, 4.69) is 5.32 Å². The average molecular weight is 482 g/mol. The van der Waals surface area contributed by atoms with Crippen LogP contribution in [0.15, 0.2) is 54.6 Å². The highest BCUT2D eigenvalue weighted by Crippen LogP contribution is 2.38. The van der Waals surface area contributed by atoms with Crippen LogP contribution in [-0.4, -0.2) is 52.2 Å². The van der Waals surface area contributed by atoms with Gasteiger partial charge in [-0.25, -0.2) is 19.3 Å². The first kappa shape index (κ1) is 25.7. The van der Waals surface area contributed by atoms with E-state index in [4.69, 9.17) is 4.74 Å². The summed E-state index contributed by atoms with van der Waals surface area (Å²) in [6, 6.07) is 13.5. The normalized spacial score (nSPS) is 17.5. The van der Waals surface area contributed by atoms with Crippen molar-refractivity contribution in [3.05, 3.63) is 65.7 Å². The van der Waals surface area contributed by atoms with Gasteiger partial charge in [-0.1, -0.05) is 48.0 Å². The molecule has 4 amide bonds. The summed E-state index contributed by atoms with van der Waals surface area (Å²) in [6.45, 7) is 6.45. The van der Waals surface area contributed by atoms with Crippen molar-refractivity contribution >= 4 is 29.7 Å². The van der Waals surface area contributed by atoms with E-state index in [0.29, 0.717) is 6.42 Å². The number of aliphatic carboxylic acids is 1. The minimum atomic E-state index is -1.14. The van der Waals surface area contributed by atoms with Gasteiger partial charge in [0.1, 0.15) is 18.2 Å². The van der Waals surface area contributed by atoms with E-state index < -0.39 is 48.2 Å². The first-order valence-corrected chi connectivity index (χ1v) is 11.4. The van der Waals surface area contributed by atoms with Gasteiger partial charge < -0.3 is 20.1 Å². The molecule has 2 unspecified atom stereocenters. The predicted octanol–water partition coefficient (Wildman–Crippen LogP) is 4.26. The zero-order valence-electron chi connectivity index (χ0n) is 20.4. The fraction of sp³-hybridized carbons (Fsp3) is 0.385. The largest absolute Gasteiger partial charge is 0.480 e. The number of likely N-dealkylation sites (tertiary alicyclic amines) is 1. The lowest BCUT2D eigenvalue weighted by Crippen LogP contribution is -2.53. The fourth-order valence-electron chi connectivity index (χ4n) is 4.03. The molecule has 0 spiro atoms. The van der Waals surface area contributed by atoms with E-state index in [-0.39, 0.29) is 12.1 Å². The highest BCUT2D eigenvalue weighted by molar-refractivity contribution is 6.16. The Labute approximate surface area is 204 Å². The maximum atomic E-state index is 13.9. The van der Waals surface area contributed by atoms with E-state index in [1.54, 1.807) is 45.0 Å². The number of benzene rings is 2. The number of aryl methyl sites for hydroxylation is 1. The van der Waals surface area contributed by atoms with E-state index in [0.717, 1.165) is 16.0 Å². The van der Waals surface area contributed by atoms with Crippen molar-refractivity contribution in [3.8, 4) is 0 Å². The maximum absolute atomic E-state index is 13.9. The van der Waals surface area contributed by atoms with Gasteiger partial charge in [0.25, 0.3) is 5.91 Å². The SMILES string of the molecule is Cc1ccc(N(C(=O)CNC(=O)OC(C)(C)C)C(=O)N2C(C(=O)O)CCC2c2ccccc2)cc1. The molecule has 1 saturated heterocycles. The maximum Gasteiger partial charge on any atom is 0.408 e. The van der Waals surface area contributed by atoms with Crippen molar-refractivity contribution in [2.24, 2.45) is 0 Å². The number of alkyl carbamates (subject to hydrolysis) is 1. The van der Waals surface area contributed by atoms with Crippen LogP contribution in [0.1, 0.15) is 50.8 Å². The lowest BCUT2D eigenvalue weighted by molar-refractivity contribution is -0.141. The lowest BCUT2D eigenvalue weighted by atomic mass is 10.0. The summed E-state index contributed by atoms with van der Waals surface area (Å²) in [4.78, 5) is 53.5. The zero-order chi connectivity index (χ0) is 25.8. The average Bonchev–Trinajstić information content (AvgIpc) is 3.24. The number of carboxylic acid groups (broad SMARTS) is 1. The molecule has 2 aromatic carbocycles. The van der Waals surface area contributed by atoms with Crippen LogP contribution in [0.3, 0.4) is 0 Å². The minimum Gasteiger partial charge on any atom is -0.480 e. The highest BCUT2D eigenvalue weighted by Gasteiger charge is 2.44. The number of nitrogens with zero attached hydrogens (tertiary/aromatic N) is 2. The lowest BCUT2D eigenvalue weighted by Gasteiger charge is -2.33. The van der Waals surface area contributed by atoms with Crippen LogP contribution >= 0.6 is 0 Å². The number of carbonyl (C=O) groups is 4. The molecule has 2 aromatic rings. The molecule has 2 atom stereocenters. The molecular weight excluding hydrogens is 450 g/mol.